The number of ketones is 1. The Morgan fingerprint density at radius 1 is 1.24 bits per heavy atom. The van der Waals surface area contributed by atoms with Crippen molar-refractivity contribution in [3.05, 3.63) is 29.3 Å². The number of hydrogen-bond acceptors (Lipinski definition) is 3. The number of carbonyl (C=O) groups is 2. The first kappa shape index (κ1) is 19.9. The first-order chi connectivity index (χ1) is 11.3. The predicted molar refractivity (Wildman–Crippen MR) is 83.2 cm³/mol. The van der Waals surface area contributed by atoms with Gasteiger partial charge in [-0.1, -0.05) is 12.1 Å². The van der Waals surface area contributed by atoms with Gasteiger partial charge in [0.15, 0.2) is 0 Å². The van der Waals surface area contributed by atoms with Crippen molar-refractivity contribution in [1.82, 2.24) is 0 Å². The lowest BCUT2D eigenvalue weighted by molar-refractivity contribution is -0.136. The van der Waals surface area contributed by atoms with Crippen molar-refractivity contribution in [2.24, 2.45) is 0 Å². The van der Waals surface area contributed by atoms with Crippen LogP contribution in [0.15, 0.2) is 18.2 Å². The number of aliphatic hydroxyl groups is 1. The lowest BCUT2D eigenvalue weighted by Crippen LogP contribution is -2.67. The molecule has 0 fully saturated rings. The lowest BCUT2D eigenvalue weighted by atomic mass is 9.93. The Labute approximate surface area is 150 Å². The standard InChI is InChI=1S/C15H13Cl2F4NO3/c1-8(24)4-12(25)22-11-3-2-9(7-23)5-10(11)6-13(22,14(16,18)19)15(17,20)21/h2-3,5,23H,4,6-7H2,1H3. The van der Waals surface area contributed by atoms with Crippen LogP contribution in [-0.2, 0) is 22.6 Å². The number of Topliss-reactive ketones (excluding diaryl/α,β-unsaturated/α-hetero) is 1. The molecule has 0 bridgehead atoms. The fraction of sp³-hybridized carbons (Fsp3) is 0.467. The number of alkyl halides is 6. The minimum atomic E-state index is -4.61. The summed E-state index contributed by atoms with van der Waals surface area (Å²) in [7, 11) is 0. The van der Waals surface area contributed by atoms with Crippen LogP contribution in [0.25, 0.3) is 0 Å². The van der Waals surface area contributed by atoms with Crippen molar-refractivity contribution in [2.75, 3.05) is 4.90 Å². The first-order valence-corrected chi connectivity index (χ1v) is 7.79. The van der Waals surface area contributed by atoms with E-state index in [1.165, 1.54) is 12.1 Å². The van der Waals surface area contributed by atoms with Gasteiger partial charge in [-0.05, 0) is 47.3 Å². The molecule has 0 unspecified atom stereocenters. The second-order valence-corrected chi connectivity index (χ2v) is 6.71. The van der Waals surface area contributed by atoms with Crippen LogP contribution in [0.5, 0.6) is 0 Å². The van der Waals surface area contributed by atoms with Crippen LogP contribution >= 0.6 is 23.2 Å². The number of benzene rings is 1. The number of nitrogens with zero attached hydrogens (tertiary/aromatic N) is 1. The maximum Gasteiger partial charge on any atom is 0.352 e. The first-order valence-electron chi connectivity index (χ1n) is 7.03. The molecule has 1 heterocycles. The molecule has 0 spiro atoms. The van der Waals surface area contributed by atoms with Gasteiger partial charge in [-0.3, -0.25) is 14.5 Å². The van der Waals surface area contributed by atoms with E-state index < -0.39 is 47.4 Å². The highest BCUT2D eigenvalue weighted by Crippen LogP contribution is 2.57. The summed E-state index contributed by atoms with van der Waals surface area (Å²) in [5.74, 6) is -1.97. The molecule has 0 atom stereocenters. The summed E-state index contributed by atoms with van der Waals surface area (Å²) >= 11 is 9.99. The van der Waals surface area contributed by atoms with Crippen LogP contribution in [0.2, 0.25) is 0 Å². The van der Waals surface area contributed by atoms with Crippen molar-refractivity contribution in [3.8, 4) is 0 Å². The van der Waals surface area contributed by atoms with E-state index in [9.17, 15) is 27.2 Å². The monoisotopic (exact) mass is 401 g/mol. The van der Waals surface area contributed by atoms with E-state index in [2.05, 4.69) is 0 Å². The SMILES string of the molecule is CC(=O)CC(=O)N1c2ccc(CO)cc2CC1(C(F)(F)Cl)C(F)(F)Cl. The molecule has 1 aromatic rings. The third-order valence-electron chi connectivity index (χ3n) is 3.98. The predicted octanol–water partition coefficient (Wildman–Crippen LogP) is 3.45. The molecule has 0 saturated carbocycles. The van der Waals surface area contributed by atoms with Gasteiger partial charge in [0, 0.05) is 12.1 Å². The van der Waals surface area contributed by atoms with Gasteiger partial charge in [0.05, 0.1) is 13.0 Å². The van der Waals surface area contributed by atoms with Gasteiger partial charge in [0.25, 0.3) is 0 Å². The average molecular weight is 402 g/mol. The van der Waals surface area contributed by atoms with Gasteiger partial charge < -0.3 is 5.11 Å². The van der Waals surface area contributed by atoms with Crippen LogP contribution in [0.1, 0.15) is 24.5 Å². The molecule has 0 radical (unpaired) electrons. The molecule has 0 aromatic heterocycles. The molecular weight excluding hydrogens is 389 g/mol. The smallest absolute Gasteiger partial charge is 0.352 e. The highest BCUT2D eigenvalue weighted by atomic mass is 35.5. The molecule has 138 valence electrons. The Bertz CT molecular complexity index is 702. The fourth-order valence-electron chi connectivity index (χ4n) is 2.91. The third kappa shape index (κ3) is 3.22. The number of amides is 1. The van der Waals surface area contributed by atoms with Crippen molar-refractivity contribution in [1.29, 1.82) is 0 Å². The number of aliphatic hydroxyl groups excluding tert-OH is 1. The minimum Gasteiger partial charge on any atom is -0.392 e. The van der Waals surface area contributed by atoms with Crippen LogP contribution < -0.4 is 4.90 Å². The summed E-state index contributed by atoms with van der Waals surface area (Å²) in [6.07, 6.45) is -1.92. The number of rotatable bonds is 5. The zero-order chi connectivity index (χ0) is 19.2. The van der Waals surface area contributed by atoms with E-state index in [1.54, 1.807) is 0 Å². The summed E-state index contributed by atoms with van der Waals surface area (Å²) in [6.45, 7) is 0.555. The van der Waals surface area contributed by atoms with E-state index in [-0.39, 0.29) is 21.7 Å². The van der Waals surface area contributed by atoms with Gasteiger partial charge in [0.2, 0.25) is 11.4 Å². The largest absolute Gasteiger partial charge is 0.392 e. The maximum atomic E-state index is 14.1. The molecule has 1 aromatic carbocycles. The van der Waals surface area contributed by atoms with Gasteiger partial charge in [-0.15, -0.1) is 0 Å². The van der Waals surface area contributed by atoms with E-state index >= 15 is 0 Å². The molecule has 1 aliphatic rings. The summed E-state index contributed by atoms with van der Waals surface area (Å²) in [4.78, 5) is 23.7. The molecule has 2 rings (SSSR count). The average Bonchev–Trinajstić information content (AvgIpc) is 2.81. The van der Waals surface area contributed by atoms with Gasteiger partial charge >= 0.3 is 10.8 Å². The van der Waals surface area contributed by atoms with E-state index in [0.29, 0.717) is 0 Å². The Balaban J connectivity index is 2.73. The van der Waals surface area contributed by atoms with Crippen LogP contribution in [0.3, 0.4) is 0 Å². The van der Waals surface area contributed by atoms with Gasteiger partial charge in [-0.2, -0.15) is 17.6 Å². The highest BCUT2D eigenvalue weighted by Gasteiger charge is 2.74. The zero-order valence-electron chi connectivity index (χ0n) is 12.8. The number of fused-ring (bicyclic) bond motifs is 1. The van der Waals surface area contributed by atoms with Crippen LogP contribution in [-0.4, -0.2) is 33.1 Å². The Morgan fingerprint density at radius 3 is 2.24 bits per heavy atom. The maximum absolute atomic E-state index is 14.1. The molecule has 1 amide bonds. The zero-order valence-corrected chi connectivity index (χ0v) is 14.3. The fourth-order valence-corrected chi connectivity index (χ4v) is 3.50. The molecule has 1 aliphatic heterocycles. The van der Waals surface area contributed by atoms with Crippen LogP contribution in [0, 0.1) is 0 Å². The Kier molecular flexibility index (Phi) is 5.11. The summed E-state index contributed by atoms with van der Waals surface area (Å²) in [5.41, 5.74) is -3.65. The van der Waals surface area contributed by atoms with Crippen molar-refractivity contribution < 1.29 is 32.3 Å². The second kappa shape index (κ2) is 6.41. The lowest BCUT2D eigenvalue weighted by Gasteiger charge is -2.43. The van der Waals surface area contributed by atoms with E-state index in [4.69, 9.17) is 28.3 Å². The normalized spacial score (nSPS) is 16.7. The summed E-state index contributed by atoms with van der Waals surface area (Å²) < 4.78 is 56.6. The third-order valence-corrected chi connectivity index (χ3v) is 4.61. The molecule has 1 N–H and O–H groups in total. The van der Waals surface area contributed by atoms with Crippen molar-refractivity contribution in [3.63, 3.8) is 0 Å². The Morgan fingerprint density at radius 2 is 1.80 bits per heavy atom. The van der Waals surface area contributed by atoms with Gasteiger partial charge in [-0.25, -0.2) is 0 Å². The highest BCUT2D eigenvalue weighted by molar-refractivity contribution is 6.28. The Hall–Kier alpha value is -1.38. The van der Waals surface area contributed by atoms with E-state index in [0.717, 1.165) is 13.0 Å². The molecule has 0 aliphatic carbocycles. The summed E-state index contributed by atoms with van der Waals surface area (Å²) in [5, 5.41) is -0.0770. The number of anilines is 1. The topological polar surface area (TPSA) is 57.6 Å². The quantitative estimate of drug-likeness (QED) is 0.467. The number of hydrogen-bond donors (Lipinski definition) is 1. The van der Waals surface area contributed by atoms with Crippen molar-refractivity contribution in [2.45, 2.75) is 42.7 Å². The molecule has 10 heteroatoms. The van der Waals surface area contributed by atoms with E-state index in [1.807, 2.05) is 0 Å². The minimum absolute atomic E-state index is 0.0656. The number of carbonyl (C=O) groups excluding carboxylic acids is 2. The molecule has 0 saturated heterocycles. The second-order valence-electron chi connectivity index (χ2n) is 5.76. The van der Waals surface area contributed by atoms with Crippen LogP contribution in [0.4, 0.5) is 23.2 Å². The number of halogens is 6. The summed E-state index contributed by atoms with van der Waals surface area (Å²) in [6, 6.07) is 3.62. The molecular formula is C15H13Cl2F4NO3. The molecule has 25 heavy (non-hydrogen) atoms. The van der Waals surface area contributed by atoms with Gasteiger partial charge in [0.1, 0.15) is 5.78 Å². The molecule has 4 nitrogen and oxygen atoms in total. The van der Waals surface area contributed by atoms with Crippen molar-refractivity contribution >= 4 is 40.6 Å².